The third-order valence-corrected chi connectivity index (χ3v) is 4.58. The highest BCUT2D eigenvalue weighted by Gasteiger charge is 2.52. The van der Waals surface area contributed by atoms with E-state index >= 15 is 0 Å². The first-order valence-corrected chi connectivity index (χ1v) is 7.34. The number of fused-ring (bicyclic) bond motifs is 1. The molecule has 1 aromatic carbocycles. The van der Waals surface area contributed by atoms with E-state index in [-0.39, 0.29) is 6.61 Å². The van der Waals surface area contributed by atoms with Gasteiger partial charge in [-0.05, 0) is 45.9 Å². The van der Waals surface area contributed by atoms with E-state index in [0.29, 0.717) is 17.1 Å². The normalized spacial score (nSPS) is 19.8. The molecule has 2 heterocycles. The number of furan rings is 1. The lowest BCUT2D eigenvalue weighted by molar-refractivity contribution is 0.00578. The van der Waals surface area contributed by atoms with E-state index in [2.05, 4.69) is 0 Å². The summed E-state index contributed by atoms with van der Waals surface area (Å²) in [5, 5.41) is 10.1. The summed E-state index contributed by atoms with van der Waals surface area (Å²) in [6, 6.07) is 5.53. The lowest BCUT2D eigenvalue weighted by Gasteiger charge is -2.32. The van der Waals surface area contributed by atoms with Crippen molar-refractivity contribution in [1.29, 1.82) is 0 Å². The largest absolute Gasteiger partial charge is 0.498 e. The van der Waals surface area contributed by atoms with Crippen molar-refractivity contribution in [3.05, 3.63) is 24.0 Å². The number of ether oxygens (including phenoxy) is 1. The van der Waals surface area contributed by atoms with Crippen molar-refractivity contribution in [3.63, 3.8) is 0 Å². The highest BCUT2D eigenvalue weighted by molar-refractivity contribution is 6.63. The Labute approximate surface area is 130 Å². The van der Waals surface area contributed by atoms with Gasteiger partial charge in [-0.2, -0.15) is 0 Å². The van der Waals surface area contributed by atoms with Crippen molar-refractivity contribution in [2.75, 3.05) is 7.11 Å². The summed E-state index contributed by atoms with van der Waals surface area (Å²) in [7, 11) is 1.09. The van der Waals surface area contributed by atoms with Gasteiger partial charge in [-0.3, -0.25) is 0 Å². The zero-order valence-electron chi connectivity index (χ0n) is 13.6. The molecule has 118 valence electrons. The number of rotatable bonds is 3. The highest BCUT2D eigenvalue weighted by atomic mass is 16.7. The van der Waals surface area contributed by atoms with Crippen LogP contribution in [0.15, 0.2) is 22.6 Å². The van der Waals surface area contributed by atoms with E-state index in [1.165, 1.54) is 0 Å². The molecule has 1 fully saturated rings. The zero-order valence-corrected chi connectivity index (χ0v) is 13.6. The van der Waals surface area contributed by atoms with Crippen LogP contribution in [0.4, 0.5) is 0 Å². The molecule has 2 aromatic rings. The predicted molar refractivity (Wildman–Crippen MR) is 84.4 cm³/mol. The molecule has 3 rings (SSSR count). The molecule has 1 N–H and O–H groups in total. The fourth-order valence-electron chi connectivity index (χ4n) is 2.55. The number of hydrogen-bond donors (Lipinski definition) is 1. The average molecular weight is 304 g/mol. The predicted octanol–water partition coefficient (Wildman–Crippen LogP) is 2.23. The lowest BCUT2D eigenvalue weighted by Crippen LogP contribution is -2.41. The van der Waals surface area contributed by atoms with Crippen LogP contribution in [-0.2, 0) is 15.9 Å². The molecular weight excluding hydrogens is 283 g/mol. The Balaban J connectivity index is 2.06. The van der Waals surface area contributed by atoms with Crippen molar-refractivity contribution >= 4 is 23.6 Å². The number of hydrogen-bond acceptors (Lipinski definition) is 5. The number of benzene rings is 1. The van der Waals surface area contributed by atoms with E-state index in [1.807, 2.05) is 39.8 Å². The Morgan fingerprint density at radius 2 is 1.73 bits per heavy atom. The summed E-state index contributed by atoms with van der Waals surface area (Å²) >= 11 is 0. The van der Waals surface area contributed by atoms with Gasteiger partial charge in [-0.25, -0.2) is 0 Å². The third-order valence-electron chi connectivity index (χ3n) is 4.58. The van der Waals surface area contributed by atoms with Gasteiger partial charge in [-0.15, -0.1) is 0 Å². The molecule has 1 aliphatic rings. The molecule has 1 aromatic heterocycles. The molecule has 5 nitrogen and oxygen atoms in total. The van der Waals surface area contributed by atoms with Gasteiger partial charge in [0.1, 0.15) is 23.7 Å². The van der Waals surface area contributed by atoms with Crippen LogP contribution < -0.4 is 10.2 Å². The Morgan fingerprint density at radius 1 is 1.09 bits per heavy atom. The van der Waals surface area contributed by atoms with Crippen molar-refractivity contribution in [2.45, 2.75) is 45.5 Å². The molecule has 1 saturated heterocycles. The lowest BCUT2D eigenvalue weighted by atomic mass is 9.78. The molecule has 0 aliphatic carbocycles. The van der Waals surface area contributed by atoms with Crippen LogP contribution in [-0.4, -0.2) is 30.5 Å². The fraction of sp³-hybridized carbons (Fsp3) is 0.500. The monoisotopic (exact) mass is 304 g/mol. The van der Waals surface area contributed by atoms with E-state index in [0.717, 1.165) is 10.8 Å². The van der Waals surface area contributed by atoms with Crippen LogP contribution in [0.25, 0.3) is 11.0 Å². The summed E-state index contributed by atoms with van der Waals surface area (Å²) in [6.45, 7) is 7.90. The van der Waals surface area contributed by atoms with Crippen LogP contribution >= 0.6 is 0 Å². The quantitative estimate of drug-likeness (QED) is 0.881. The molecule has 0 amide bonds. The van der Waals surface area contributed by atoms with Crippen molar-refractivity contribution in [1.82, 2.24) is 0 Å². The number of aliphatic hydroxyl groups is 1. The Kier molecular flexibility index (Phi) is 3.51. The van der Waals surface area contributed by atoms with Gasteiger partial charge in [0.25, 0.3) is 0 Å². The van der Waals surface area contributed by atoms with Gasteiger partial charge in [0.2, 0.25) is 0 Å². The van der Waals surface area contributed by atoms with Crippen LogP contribution in [0.1, 0.15) is 33.5 Å². The van der Waals surface area contributed by atoms with Crippen LogP contribution in [0, 0.1) is 0 Å². The first-order valence-electron chi connectivity index (χ1n) is 7.34. The summed E-state index contributed by atoms with van der Waals surface area (Å²) < 4.78 is 23.2. The van der Waals surface area contributed by atoms with Gasteiger partial charge in [-0.1, -0.05) is 0 Å². The van der Waals surface area contributed by atoms with Crippen molar-refractivity contribution < 1.29 is 23.6 Å². The minimum absolute atomic E-state index is 0.136. The highest BCUT2D eigenvalue weighted by Crippen LogP contribution is 2.37. The van der Waals surface area contributed by atoms with E-state index in [1.54, 1.807) is 13.2 Å². The second-order valence-corrected chi connectivity index (χ2v) is 6.59. The molecule has 0 atom stereocenters. The molecule has 6 heteroatoms. The van der Waals surface area contributed by atoms with Crippen molar-refractivity contribution in [2.24, 2.45) is 0 Å². The van der Waals surface area contributed by atoms with Crippen LogP contribution in [0.2, 0.25) is 0 Å². The number of aliphatic hydroxyl groups excluding tert-OH is 1. The molecule has 1 aliphatic heterocycles. The van der Waals surface area contributed by atoms with Gasteiger partial charge in [0.05, 0.1) is 18.3 Å². The third kappa shape index (κ3) is 2.31. The molecule has 22 heavy (non-hydrogen) atoms. The van der Waals surface area contributed by atoms with Crippen molar-refractivity contribution in [3.8, 4) is 5.75 Å². The smallest absolute Gasteiger partial charge is 0.497 e. The zero-order chi connectivity index (χ0) is 16.1. The van der Waals surface area contributed by atoms with Gasteiger partial charge < -0.3 is 23.6 Å². The topological polar surface area (TPSA) is 61.1 Å². The second-order valence-electron chi connectivity index (χ2n) is 6.59. The van der Waals surface area contributed by atoms with Crippen LogP contribution in [0.5, 0.6) is 5.75 Å². The first-order chi connectivity index (χ1) is 10.3. The summed E-state index contributed by atoms with van der Waals surface area (Å²) in [5.74, 6) is 1.19. The molecule has 0 spiro atoms. The summed E-state index contributed by atoms with van der Waals surface area (Å²) in [5.41, 5.74) is 0.621. The van der Waals surface area contributed by atoms with E-state index < -0.39 is 18.3 Å². The molecule has 0 saturated carbocycles. The Bertz CT molecular complexity index is 688. The molecule has 0 bridgehead atoms. The van der Waals surface area contributed by atoms with E-state index in [4.69, 9.17) is 18.5 Å². The maximum atomic E-state index is 9.21. The SMILES string of the molecule is COc1cc2cc(CO)oc2cc1B1OC(C)(C)C(C)(C)O1. The summed E-state index contributed by atoms with van der Waals surface area (Å²) in [4.78, 5) is 0. The van der Waals surface area contributed by atoms with Gasteiger partial charge in [0, 0.05) is 10.8 Å². The standard InChI is InChI=1S/C16H21BO5/c1-15(2)16(3,4)22-17(21-15)12-8-13-10(7-14(12)19-5)6-11(9-18)20-13/h6-8,18H,9H2,1-5H3. The molecule has 0 unspecified atom stereocenters. The maximum Gasteiger partial charge on any atom is 0.498 e. The molecule has 0 radical (unpaired) electrons. The minimum Gasteiger partial charge on any atom is -0.497 e. The average Bonchev–Trinajstić information content (AvgIpc) is 2.94. The Morgan fingerprint density at radius 3 is 2.27 bits per heavy atom. The first kappa shape index (κ1) is 15.4. The minimum atomic E-state index is -0.521. The fourth-order valence-corrected chi connectivity index (χ4v) is 2.55. The van der Waals surface area contributed by atoms with E-state index in [9.17, 15) is 5.11 Å². The summed E-state index contributed by atoms with van der Waals surface area (Å²) in [6.07, 6.45) is 0. The van der Waals surface area contributed by atoms with Gasteiger partial charge >= 0.3 is 7.12 Å². The van der Waals surface area contributed by atoms with Crippen LogP contribution in [0.3, 0.4) is 0 Å². The second kappa shape index (κ2) is 5.01. The molecular formula is C16H21BO5. The number of methoxy groups -OCH3 is 1. The Hall–Kier alpha value is -1.50. The maximum absolute atomic E-state index is 9.21. The van der Waals surface area contributed by atoms with Gasteiger partial charge in [0.15, 0.2) is 0 Å².